The van der Waals surface area contributed by atoms with E-state index in [9.17, 15) is 0 Å². The van der Waals surface area contributed by atoms with E-state index in [1.165, 1.54) is 60.0 Å². The van der Waals surface area contributed by atoms with Gasteiger partial charge in [-0.15, -0.1) is 0 Å². The molecule has 0 saturated carbocycles. The van der Waals surface area contributed by atoms with E-state index in [2.05, 4.69) is 64.1 Å². The molecule has 0 aliphatic heterocycles. The highest BCUT2D eigenvalue weighted by atomic mass is 14.2. The first-order valence-electron chi connectivity index (χ1n) is 8.86. The predicted molar refractivity (Wildman–Crippen MR) is 99.0 cm³/mol. The van der Waals surface area contributed by atoms with Crippen molar-refractivity contribution >= 4 is 5.57 Å². The number of rotatable bonds is 5. The molecule has 0 spiro atoms. The molecule has 2 rings (SSSR count). The third-order valence-corrected chi connectivity index (χ3v) is 4.58. The van der Waals surface area contributed by atoms with Gasteiger partial charge >= 0.3 is 0 Å². The first-order valence-corrected chi connectivity index (χ1v) is 8.86. The quantitative estimate of drug-likeness (QED) is 0.555. The van der Waals surface area contributed by atoms with E-state index >= 15 is 0 Å². The average molecular weight is 294 g/mol. The molecule has 0 nitrogen and oxygen atoms in total. The zero-order valence-corrected chi connectivity index (χ0v) is 14.7. The second kappa shape index (κ2) is 8.17. The number of benzene rings is 1. The standard InChI is InChI=1S/C22H30/c1-5-10-19(11-6-2)22-20(12-7-3)17(4)15-16-18-13-8-9-14-21(18)22/h7-9,12-14H,5-6,10-11,15-16H2,1-4H3/b12-7-. The van der Waals surface area contributed by atoms with Gasteiger partial charge in [-0.05, 0) is 61.8 Å². The van der Waals surface area contributed by atoms with E-state index < -0.39 is 0 Å². The van der Waals surface area contributed by atoms with Crippen molar-refractivity contribution in [2.24, 2.45) is 0 Å². The molecule has 0 heterocycles. The van der Waals surface area contributed by atoms with Crippen molar-refractivity contribution in [1.29, 1.82) is 0 Å². The molecular weight excluding hydrogens is 264 g/mol. The van der Waals surface area contributed by atoms with E-state index in [0.29, 0.717) is 0 Å². The van der Waals surface area contributed by atoms with Crippen LogP contribution in [0.25, 0.3) is 5.57 Å². The summed E-state index contributed by atoms with van der Waals surface area (Å²) in [6, 6.07) is 9.03. The van der Waals surface area contributed by atoms with E-state index in [0.717, 1.165) is 6.42 Å². The molecule has 0 amide bonds. The maximum atomic E-state index is 2.33. The van der Waals surface area contributed by atoms with Crippen molar-refractivity contribution in [3.63, 3.8) is 0 Å². The summed E-state index contributed by atoms with van der Waals surface area (Å²) >= 11 is 0. The van der Waals surface area contributed by atoms with Crippen LogP contribution in [0, 0.1) is 0 Å². The molecule has 1 aromatic carbocycles. The van der Waals surface area contributed by atoms with Gasteiger partial charge in [0.2, 0.25) is 0 Å². The van der Waals surface area contributed by atoms with Gasteiger partial charge in [0.25, 0.3) is 0 Å². The maximum absolute atomic E-state index is 2.33. The lowest BCUT2D eigenvalue weighted by molar-refractivity contribution is 0.806. The Hall–Kier alpha value is -1.56. The first-order chi connectivity index (χ1) is 10.7. The molecular formula is C22H30. The Bertz CT molecular complexity index is 588. The third-order valence-electron chi connectivity index (χ3n) is 4.58. The Morgan fingerprint density at radius 2 is 1.73 bits per heavy atom. The molecule has 1 aliphatic carbocycles. The first kappa shape index (κ1) is 16.8. The number of hydrogen-bond acceptors (Lipinski definition) is 0. The molecule has 0 aromatic heterocycles. The van der Waals surface area contributed by atoms with Crippen LogP contribution in [-0.4, -0.2) is 0 Å². The monoisotopic (exact) mass is 294 g/mol. The Morgan fingerprint density at radius 3 is 2.36 bits per heavy atom. The fraction of sp³-hybridized carbons (Fsp3) is 0.455. The minimum Gasteiger partial charge on any atom is -0.0870 e. The van der Waals surface area contributed by atoms with Crippen molar-refractivity contribution in [2.45, 2.75) is 66.2 Å². The van der Waals surface area contributed by atoms with Gasteiger partial charge in [0, 0.05) is 0 Å². The molecule has 1 aliphatic rings. The minimum atomic E-state index is 1.16. The fourth-order valence-electron chi connectivity index (χ4n) is 3.55. The molecule has 0 fully saturated rings. The molecule has 0 bridgehead atoms. The van der Waals surface area contributed by atoms with Gasteiger partial charge in [-0.25, -0.2) is 0 Å². The minimum absolute atomic E-state index is 1.16. The van der Waals surface area contributed by atoms with Gasteiger partial charge < -0.3 is 0 Å². The molecule has 22 heavy (non-hydrogen) atoms. The molecule has 1 aromatic rings. The van der Waals surface area contributed by atoms with Crippen LogP contribution in [0.4, 0.5) is 0 Å². The fourth-order valence-corrected chi connectivity index (χ4v) is 3.55. The van der Waals surface area contributed by atoms with Gasteiger partial charge in [0.05, 0.1) is 0 Å². The van der Waals surface area contributed by atoms with E-state index in [1.807, 2.05) is 0 Å². The maximum Gasteiger partial charge on any atom is -0.0117 e. The van der Waals surface area contributed by atoms with Crippen molar-refractivity contribution in [3.8, 4) is 0 Å². The Balaban J connectivity index is 2.73. The van der Waals surface area contributed by atoms with Crippen molar-refractivity contribution in [1.82, 2.24) is 0 Å². The zero-order valence-electron chi connectivity index (χ0n) is 14.7. The van der Waals surface area contributed by atoms with Gasteiger partial charge in [-0.1, -0.05) is 74.3 Å². The highest BCUT2D eigenvalue weighted by Gasteiger charge is 2.19. The molecule has 0 N–H and O–H groups in total. The number of hydrogen-bond donors (Lipinski definition) is 0. The topological polar surface area (TPSA) is 0 Å². The highest BCUT2D eigenvalue weighted by Crippen LogP contribution is 2.39. The Morgan fingerprint density at radius 1 is 1.05 bits per heavy atom. The molecule has 0 atom stereocenters. The summed E-state index contributed by atoms with van der Waals surface area (Å²) in [5.41, 5.74) is 9.18. The average Bonchev–Trinajstić information content (AvgIpc) is 2.66. The summed E-state index contributed by atoms with van der Waals surface area (Å²) in [4.78, 5) is 0. The summed E-state index contributed by atoms with van der Waals surface area (Å²) in [5, 5.41) is 0. The highest BCUT2D eigenvalue weighted by molar-refractivity contribution is 5.87. The normalized spacial score (nSPS) is 15.2. The number of aryl methyl sites for hydroxylation is 1. The lowest BCUT2D eigenvalue weighted by Gasteiger charge is -2.18. The SMILES string of the molecule is C/C=C\C1=C(C)CCc2ccccc2C1=C(CCC)CCC. The van der Waals surface area contributed by atoms with Crippen LogP contribution in [0.1, 0.15) is 70.9 Å². The van der Waals surface area contributed by atoms with Crippen LogP contribution in [-0.2, 0) is 6.42 Å². The molecule has 0 unspecified atom stereocenters. The van der Waals surface area contributed by atoms with Crippen LogP contribution in [0.15, 0.2) is 53.1 Å². The predicted octanol–water partition coefficient (Wildman–Crippen LogP) is 6.88. The van der Waals surface area contributed by atoms with Gasteiger partial charge in [0.1, 0.15) is 0 Å². The van der Waals surface area contributed by atoms with E-state index in [-0.39, 0.29) is 0 Å². The molecule has 118 valence electrons. The molecule has 0 radical (unpaired) electrons. The summed E-state index contributed by atoms with van der Waals surface area (Å²) in [6.45, 7) is 9.04. The van der Waals surface area contributed by atoms with Gasteiger partial charge in [-0.2, -0.15) is 0 Å². The lowest BCUT2D eigenvalue weighted by Crippen LogP contribution is -1.98. The second-order valence-electron chi connectivity index (χ2n) is 6.33. The van der Waals surface area contributed by atoms with Crippen LogP contribution in [0.5, 0.6) is 0 Å². The largest absolute Gasteiger partial charge is 0.0870 e. The lowest BCUT2D eigenvalue weighted by atomic mass is 9.86. The van der Waals surface area contributed by atoms with Gasteiger partial charge in [-0.3, -0.25) is 0 Å². The van der Waals surface area contributed by atoms with Crippen LogP contribution < -0.4 is 0 Å². The van der Waals surface area contributed by atoms with Crippen LogP contribution in [0.3, 0.4) is 0 Å². The van der Waals surface area contributed by atoms with Crippen molar-refractivity contribution < 1.29 is 0 Å². The van der Waals surface area contributed by atoms with E-state index in [4.69, 9.17) is 0 Å². The summed E-state index contributed by atoms with van der Waals surface area (Å²) in [6.07, 6.45) is 11.7. The Kier molecular flexibility index (Phi) is 6.24. The van der Waals surface area contributed by atoms with Crippen molar-refractivity contribution in [3.05, 3.63) is 64.3 Å². The Labute approximate surface area is 136 Å². The summed E-state index contributed by atoms with van der Waals surface area (Å²) < 4.78 is 0. The van der Waals surface area contributed by atoms with Crippen molar-refractivity contribution in [2.75, 3.05) is 0 Å². The summed E-state index contributed by atoms with van der Waals surface area (Å²) in [7, 11) is 0. The van der Waals surface area contributed by atoms with E-state index in [1.54, 1.807) is 5.57 Å². The summed E-state index contributed by atoms with van der Waals surface area (Å²) in [5.74, 6) is 0. The number of fused-ring (bicyclic) bond motifs is 1. The van der Waals surface area contributed by atoms with Gasteiger partial charge in [0.15, 0.2) is 0 Å². The molecule has 0 saturated heterocycles. The smallest absolute Gasteiger partial charge is 0.0117 e. The zero-order chi connectivity index (χ0) is 15.9. The van der Waals surface area contributed by atoms with Crippen LogP contribution >= 0.6 is 0 Å². The number of allylic oxidation sites excluding steroid dienone is 6. The van der Waals surface area contributed by atoms with Crippen LogP contribution in [0.2, 0.25) is 0 Å². The second-order valence-corrected chi connectivity index (χ2v) is 6.33. The third kappa shape index (κ3) is 3.61. The molecule has 0 heteroatoms.